The highest BCUT2D eigenvalue weighted by Crippen LogP contribution is 2.25. The van der Waals surface area contributed by atoms with Gasteiger partial charge in [-0.25, -0.2) is 4.39 Å². The number of aryl methyl sites for hydroxylation is 1. The van der Waals surface area contributed by atoms with Crippen molar-refractivity contribution in [1.29, 1.82) is 0 Å². The summed E-state index contributed by atoms with van der Waals surface area (Å²) < 4.78 is 21.2. The Balaban J connectivity index is 1.55. The van der Waals surface area contributed by atoms with E-state index < -0.39 is 11.7 Å². The van der Waals surface area contributed by atoms with Crippen molar-refractivity contribution in [3.05, 3.63) is 102 Å². The molecule has 1 amide bonds. The van der Waals surface area contributed by atoms with Crippen LogP contribution in [0, 0.1) is 5.82 Å². The van der Waals surface area contributed by atoms with Gasteiger partial charge in [0.2, 0.25) is 0 Å². The smallest absolute Gasteiger partial charge is 0.254 e. The maximum atomic E-state index is 14.0. The lowest BCUT2D eigenvalue weighted by Gasteiger charge is -2.12. The summed E-state index contributed by atoms with van der Waals surface area (Å²) in [5, 5.41) is 12.1. The highest BCUT2D eigenvalue weighted by molar-refractivity contribution is 7.99. The number of aromatic nitrogens is 3. The van der Waals surface area contributed by atoms with E-state index in [1.54, 1.807) is 31.0 Å². The fraction of sp³-hybridized carbons (Fsp3) is 0.160. The quantitative estimate of drug-likeness (QED) is 0.366. The van der Waals surface area contributed by atoms with Gasteiger partial charge in [0.1, 0.15) is 11.6 Å². The summed E-state index contributed by atoms with van der Waals surface area (Å²) in [4.78, 5) is 12.5. The second kappa shape index (κ2) is 10.8. The van der Waals surface area contributed by atoms with Crippen molar-refractivity contribution in [2.45, 2.75) is 18.1 Å². The van der Waals surface area contributed by atoms with E-state index in [9.17, 15) is 9.18 Å². The van der Waals surface area contributed by atoms with E-state index in [0.29, 0.717) is 16.7 Å². The summed E-state index contributed by atoms with van der Waals surface area (Å²) in [6.45, 7) is 0.0939. The first-order chi connectivity index (χ1) is 16.2. The van der Waals surface area contributed by atoms with Crippen molar-refractivity contribution in [3.8, 4) is 11.4 Å². The molecule has 0 fully saturated rings. The molecule has 0 unspecified atom stereocenters. The number of hydrogen-bond donors (Lipinski definition) is 1. The van der Waals surface area contributed by atoms with Gasteiger partial charge < -0.3 is 10.1 Å². The average Bonchev–Trinajstić information content (AvgIpc) is 3.26. The van der Waals surface area contributed by atoms with Crippen LogP contribution in [0.5, 0.6) is 5.75 Å². The number of amides is 1. The maximum absolute atomic E-state index is 14.0. The van der Waals surface area contributed by atoms with Gasteiger partial charge in [0.25, 0.3) is 5.91 Å². The standard InChI is InChI=1S/C25H23FN4O2S/c1-32-20-11-7-10-19(16-20)30-23(17-27-24(31)21-12-5-6-13-22(21)26)28-29-25(30)33-15-14-18-8-3-2-4-9-18/h2-13,16H,14-15,17H2,1H3,(H,27,31). The molecule has 0 bridgehead atoms. The lowest BCUT2D eigenvalue weighted by molar-refractivity contribution is 0.0945. The number of carbonyl (C=O) groups is 1. The zero-order valence-electron chi connectivity index (χ0n) is 18.1. The van der Waals surface area contributed by atoms with Gasteiger partial charge in [0, 0.05) is 11.8 Å². The van der Waals surface area contributed by atoms with Gasteiger partial charge in [0.05, 0.1) is 24.9 Å². The molecule has 0 aliphatic carbocycles. The van der Waals surface area contributed by atoms with E-state index in [0.717, 1.165) is 17.9 Å². The van der Waals surface area contributed by atoms with E-state index in [4.69, 9.17) is 4.74 Å². The molecule has 1 heterocycles. The van der Waals surface area contributed by atoms with Crippen molar-refractivity contribution in [2.75, 3.05) is 12.9 Å². The molecule has 0 spiro atoms. The molecular formula is C25H23FN4O2S. The Morgan fingerprint density at radius 2 is 1.82 bits per heavy atom. The second-order valence-corrected chi connectivity index (χ2v) is 8.24. The van der Waals surface area contributed by atoms with Crippen molar-refractivity contribution >= 4 is 17.7 Å². The van der Waals surface area contributed by atoms with Crippen LogP contribution in [0.3, 0.4) is 0 Å². The number of halogens is 1. The predicted molar refractivity (Wildman–Crippen MR) is 126 cm³/mol. The van der Waals surface area contributed by atoms with Gasteiger partial charge in [-0.15, -0.1) is 10.2 Å². The Bertz CT molecular complexity index is 1230. The number of ether oxygens (including phenoxy) is 1. The summed E-state index contributed by atoms with van der Waals surface area (Å²) in [5.41, 5.74) is 2.05. The van der Waals surface area contributed by atoms with Gasteiger partial charge in [0.15, 0.2) is 11.0 Å². The number of rotatable bonds is 9. The molecule has 4 rings (SSSR count). The molecular weight excluding hydrogens is 439 g/mol. The number of thioether (sulfide) groups is 1. The summed E-state index contributed by atoms with van der Waals surface area (Å²) in [6, 6.07) is 23.7. The minimum atomic E-state index is -0.568. The zero-order valence-corrected chi connectivity index (χ0v) is 18.9. The van der Waals surface area contributed by atoms with Gasteiger partial charge in [-0.1, -0.05) is 60.3 Å². The molecule has 0 atom stereocenters. The number of methoxy groups -OCH3 is 1. The largest absolute Gasteiger partial charge is 0.497 e. The minimum Gasteiger partial charge on any atom is -0.497 e. The Labute approximate surface area is 195 Å². The third kappa shape index (κ3) is 5.59. The van der Waals surface area contributed by atoms with Crippen molar-refractivity contribution in [1.82, 2.24) is 20.1 Å². The highest BCUT2D eigenvalue weighted by atomic mass is 32.2. The average molecular weight is 463 g/mol. The van der Waals surface area contributed by atoms with Crippen LogP contribution in [-0.2, 0) is 13.0 Å². The summed E-state index contributed by atoms with van der Waals surface area (Å²) >= 11 is 1.58. The van der Waals surface area contributed by atoms with Crippen LogP contribution in [-0.4, -0.2) is 33.5 Å². The fourth-order valence-electron chi connectivity index (χ4n) is 3.32. The van der Waals surface area contributed by atoms with Gasteiger partial charge in [-0.2, -0.15) is 0 Å². The van der Waals surface area contributed by atoms with Crippen LogP contribution in [0.2, 0.25) is 0 Å². The molecule has 1 N–H and O–H groups in total. The van der Waals surface area contributed by atoms with Gasteiger partial charge >= 0.3 is 0 Å². The van der Waals surface area contributed by atoms with Gasteiger partial charge in [-0.05, 0) is 36.2 Å². The normalized spacial score (nSPS) is 10.7. The molecule has 4 aromatic rings. The van der Waals surface area contributed by atoms with Crippen molar-refractivity contribution < 1.29 is 13.9 Å². The number of benzene rings is 3. The minimum absolute atomic E-state index is 0.0117. The van der Waals surface area contributed by atoms with Crippen LogP contribution in [0.25, 0.3) is 5.69 Å². The summed E-state index contributed by atoms with van der Waals surface area (Å²) in [5.74, 6) is 0.971. The van der Waals surface area contributed by atoms with Crippen molar-refractivity contribution in [2.24, 2.45) is 0 Å². The van der Waals surface area contributed by atoms with Gasteiger partial charge in [-0.3, -0.25) is 9.36 Å². The first-order valence-corrected chi connectivity index (χ1v) is 11.4. The Kier molecular flexibility index (Phi) is 7.36. The molecule has 0 radical (unpaired) electrons. The molecule has 3 aromatic carbocycles. The molecule has 8 heteroatoms. The SMILES string of the molecule is COc1cccc(-n2c(CNC(=O)c3ccccc3F)nnc2SCCc2ccccc2)c1. The monoisotopic (exact) mass is 462 g/mol. The molecule has 168 valence electrons. The number of nitrogens with one attached hydrogen (secondary N) is 1. The Morgan fingerprint density at radius 1 is 1.03 bits per heavy atom. The first kappa shape index (κ1) is 22.5. The molecule has 33 heavy (non-hydrogen) atoms. The Morgan fingerprint density at radius 3 is 2.61 bits per heavy atom. The Hall–Kier alpha value is -3.65. The van der Waals surface area contributed by atoms with Crippen LogP contribution in [0.4, 0.5) is 4.39 Å². The summed E-state index contributed by atoms with van der Waals surface area (Å²) in [6.07, 6.45) is 0.885. The maximum Gasteiger partial charge on any atom is 0.254 e. The number of hydrogen-bond acceptors (Lipinski definition) is 5. The van der Waals surface area contributed by atoms with Crippen LogP contribution in [0.1, 0.15) is 21.7 Å². The predicted octanol–water partition coefficient (Wildman–Crippen LogP) is 4.68. The van der Waals surface area contributed by atoms with E-state index in [2.05, 4.69) is 27.6 Å². The molecule has 0 aliphatic heterocycles. The molecule has 1 aromatic heterocycles. The molecule has 0 aliphatic rings. The summed E-state index contributed by atoms with van der Waals surface area (Å²) in [7, 11) is 1.61. The fourth-order valence-corrected chi connectivity index (χ4v) is 4.28. The first-order valence-electron chi connectivity index (χ1n) is 10.4. The van der Waals surface area contributed by atoms with E-state index >= 15 is 0 Å². The van der Waals surface area contributed by atoms with E-state index in [1.165, 1.54) is 17.7 Å². The highest BCUT2D eigenvalue weighted by Gasteiger charge is 2.17. The molecule has 0 saturated carbocycles. The number of carbonyl (C=O) groups excluding carboxylic acids is 1. The van der Waals surface area contributed by atoms with Crippen LogP contribution < -0.4 is 10.1 Å². The van der Waals surface area contributed by atoms with Crippen molar-refractivity contribution in [3.63, 3.8) is 0 Å². The third-order valence-corrected chi connectivity index (χ3v) is 5.93. The molecule has 0 saturated heterocycles. The van der Waals surface area contributed by atoms with Crippen LogP contribution in [0.15, 0.2) is 84.0 Å². The lowest BCUT2D eigenvalue weighted by atomic mass is 10.2. The zero-order chi connectivity index (χ0) is 23.0. The second-order valence-electron chi connectivity index (χ2n) is 7.18. The van der Waals surface area contributed by atoms with E-state index in [1.807, 2.05) is 47.0 Å². The van der Waals surface area contributed by atoms with E-state index in [-0.39, 0.29) is 12.1 Å². The number of nitrogens with zero attached hydrogens (tertiary/aromatic N) is 3. The molecule has 6 nitrogen and oxygen atoms in total. The van der Waals surface area contributed by atoms with Crippen LogP contribution >= 0.6 is 11.8 Å². The lowest BCUT2D eigenvalue weighted by Crippen LogP contribution is -2.25. The third-order valence-electron chi connectivity index (χ3n) is 5.00. The topological polar surface area (TPSA) is 69.0 Å².